The largest absolute Gasteiger partial charge is 0.490 e. The van der Waals surface area contributed by atoms with Gasteiger partial charge in [-0.15, -0.1) is 0 Å². The molecule has 28 heavy (non-hydrogen) atoms. The number of para-hydroxylation sites is 2. The summed E-state index contributed by atoms with van der Waals surface area (Å²) in [5.41, 5.74) is 0.989. The van der Waals surface area contributed by atoms with Crippen molar-refractivity contribution in [3.63, 3.8) is 0 Å². The van der Waals surface area contributed by atoms with Gasteiger partial charge in [-0.3, -0.25) is 4.79 Å². The Morgan fingerprint density at radius 3 is 2.32 bits per heavy atom. The van der Waals surface area contributed by atoms with E-state index >= 15 is 0 Å². The summed E-state index contributed by atoms with van der Waals surface area (Å²) in [6.45, 7) is 3.65. The van der Waals surface area contributed by atoms with Crippen LogP contribution in [-0.4, -0.2) is 31.2 Å². The first-order valence-corrected chi connectivity index (χ1v) is 8.88. The summed E-state index contributed by atoms with van der Waals surface area (Å²) in [5.74, 6) is -0.177. The summed E-state index contributed by atoms with van der Waals surface area (Å²) in [5, 5.41) is 11.4. The van der Waals surface area contributed by atoms with E-state index in [2.05, 4.69) is 5.32 Å². The molecule has 146 valence electrons. The summed E-state index contributed by atoms with van der Waals surface area (Å²) in [7, 11) is 0. The minimum Gasteiger partial charge on any atom is -0.490 e. The van der Waals surface area contributed by atoms with Gasteiger partial charge in [0.05, 0.1) is 18.2 Å². The summed E-state index contributed by atoms with van der Waals surface area (Å²) in [6.07, 6.45) is -0.152. The Morgan fingerprint density at radius 2 is 1.71 bits per heavy atom. The third kappa shape index (κ3) is 6.32. The summed E-state index contributed by atoms with van der Waals surface area (Å²) < 4.78 is 16.1. The molecule has 0 saturated heterocycles. The topological polar surface area (TPSA) is 97.7 Å². The summed E-state index contributed by atoms with van der Waals surface area (Å²) in [6, 6.07) is 15.4. The van der Waals surface area contributed by atoms with E-state index in [1.165, 1.54) is 6.92 Å². The lowest BCUT2D eigenvalue weighted by Gasteiger charge is -2.15. The van der Waals surface area contributed by atoms with E-state index in [1.807, 2.05) is 19.1 Å². The first-order valence-electron chi connectivity index (χ1n) is 8.88. The Morgan fingerprint density at radius 1 is 1.07 bits per heavy atom. The van der Waals surface area contributed by atoms with Crippen LogP contribution in [0.1, 0.15) is 25.8 Å². The minimum absolute atomic E-state index is 0.346. The normalized spacial score (nSPS) is 11.0. The van der Waals surface area contributed by atoms with E-state index < -0.39 is 18.0 Å². The fraction of sp³-hybridized carbons (Fsp3) is 0.286. The predicted molar refractivity (Wildman–Crippen MR) is 103 cm³/mol. The van der Waals surface area contributed by atoms with Crippen molar-refractivity contribution in [1.29, 1.82) is 5.26 Å². The molecule has 7 nitrogen and oxygen atoms in total. The van der Waals surface area contributed by atoms with Crippen molar-refractivity contribution in [2.24, 2.45) is 0 Å². The molecule has 0 unspecified atom stereocenters. The van der Waals surface area contributed by atoms with Gasteiger partial charge in [0.15, 0.2) is 24.2 Å². The second-order valence-corrected chi connectivity index (χ2v) is 5.89. The zero-order valence-corrected chi connectivity index (χ0v) is 15.8. The van der Waals surface area contributed by atoms with Crippen LogP contribution >= 0.6 is 0 Å². The molecule has 0 spiro atoms. The SMILES string of the molecule is CCCOc1ccccc1OCC(=O)O[C@@H](C)C(=O)Nc1ccc(C#N)cc1. The van der Waals surface area contributed by atoms with Crippen molar-refractivity contribution in [1.82, 2.24) is 0 Å². The maximum atomic E-state index is 12.1. The van der Waals surface area contributed by atoms with Crippen LogP contribution in [0.5, 0.6) is 11.5 Å². The highest BCUT2D eigenvalue weighted by Gasteiger charge is 2.19. The van der Waals surface area contributed by atoms with E-state index in [1.54, 1.807) is 42.5 Å². The average molecular weight is 382 g/mol. The average Bonchev–Trinajstić information content (AvgIpc) is 2.71. The Hall–Kier alpha value is -3.53. The standard InChI is InChI=1S/C21H22N2O5/c1-3-12-26-18-6-4-5-7-19(18)27-14-20(24)28-15(2)21(25)23-17-10-8-16(13-22)9-11-17/h4-11,15H,3,12,14H2,1-2H3,(H,23,25)/t15-/m0/s1. The second kappa shape index (κ2) is 10.6. The van der Waals surface area contributed by atoms with Crippen LogP contribution < -0.4 is 14.8 Å². The third-order valence-corrected chi connectivity index (χ3v) is 3.62. The molecule has 0 bridgehead atoms. The fourth-order valence-corrected chi connectivity index (χ4v) is 2.19. The van der Waals surface area contributed by atoms with Crippen LogP contribution in [0.2, 0.25) is 0 Å². The first-order chi connectivity index (χ1) is 13.5. The van der Waals surface area contributed by atoms with Crippen molar-refractivity contribution in [2.75, 3.05) is 18.5 Å². The molecular weight excluding hydrogens is 360 g/mol. The lowest BCUT2D eigenvalue weighted by molar-refractivity contribution is -0.155. The Labute approximate surface area is 163 Å². The molecular formula is C21H22N2O5. The first kappa shape index (κ1) is 20.8. The minimum atomic E-state index is -1.00. The highest BCUT2D eigenvalue weighted by atomic mass is 16.6. The van der Waals surface area contributed by atoms with Gasteiger partial charge in [0.1, 0.15) is 0 Å². The molecule has 0 aliphatic carbocycles. The molecule has 0 aromatic heterocycles. The van der Waals surface area contributed by atoms with E-state index in [4.69, 9.17) is 19.5 Å². The molecule has 0 aliphatic heterocycles. The number of nitrogens with zero attached hydrogens (tertiary/aromatic N) is 1. The number of rotatable bonds is 9. The summed E-state index contributed by atoms with van der Waals surface area (Å²) >= 11 is 0. The molecule has 0 heterocycles. The number of hydrogen-bond donors (Lipinski definition) is 1. The number of ether oxygens (including phenoxy) is 3. The number of anilines is 1. The highest BCUT2D eigenvalue weighted by molar-refractivity contribution is 5.95. The van der Waals surface area contributed by atoms with E-state index in [0.717, 1.165) is 6.42 Å². The number of nitriles is 1. The van der Waals surface area contributed by atoms with E-state index in [9.17, 15) is 9.59 Å². The lowest BCUT2D eigenvalue weighted by atomic mass is 10.2. The van der Waals surface area contributed by atoms with E-state index in [-0.39, 0.29) is 6.61 Å². The van der Waals surface area contributed by atoms with Gasteiger partial charge < -0.3 is 19.5 Å². The quantitative estimate of drug-likeness (QED) is 0.668. The number of amides is 1. The number of hydrogen-bond acceptors (Lipinski definition) is 6. The van der Waals surface area contributed by atoms with Gasteiger partial charge in [0.2, 0.25) is 0 Å². The maximum absolute atomic E-state index is 12.1. The van der Waals surface area contributed by atoms with Gasteiger partial charge in [0.25, 0.3) is 5.91 Å². The molecule has 0 radical (unpaired) electrons. The van der Waals surface area contributed by atoms with Crippen LogP contribution in [0.15, 0.2) is 48.5 Å². The highest BCUT2D eigenvalue weighted by Crippen LogP contribution is 2.26. The number of carbonyl (C=O) groups is 2. The maximum Gasteiger partial charge on any atom is 0.344 e. The van der Waals surface area contributed by atoms with Gasteiger partial charge in [-0.2, -0.15) is 5.26 Å². The number of carbonyl (C=O) groups excluding carboxylic acids is 2. The zero-order valence-electron chi connectivity index (χ0n) is 15.8. The molecule has 0 saturated carbocycles. The molecule has 2 rings (SSSR count). The van der Waals surface area contributed by atoms with Crippen molar-refractivity contribution >= 4 is 17.6 Å². The Balaban J connectivity index is 1.83. The molecule has 1 atom stereocenters. The van der Waals surface area contributed by atoms with Crippen molar-refractivity contribution in [3.8, 4) is 17.6 Å². The lowest BCUT2D eigenvalue weighted by Crippen LogP contribution is -2.31. The van der Waals surface area contributed by atoms with Crippen molar-refractivity contribution in [3.05, 3.63) is 54.1 Å². The number of esters is 1. The molecule has 2 aromatic rings. The predicted octanol–water partition coefficient (Wildman–Crippen LogP) is 3.30. The van der Waals surface area contributed by atoms with Crippen molar-refractivity contribution < 1.29 is 23.8 Å². The molecule has 2 aromatic carbocycles. The smallest absolute Gasteiger partial charge is 0.344 e. The Kier molecular flexibility index (Phi) is 7.85. The van der Waals surface area contributed by atoms with Crippen LogP contribution in [0, 0.1) is 11.3 Å². The summed E-state index contributed by atoms with van der Waals surface area (Å²) in [4.78, 5) is 24.1. The molecule has 0 fully saturated rings. The van der Waals surface area contributed by atoms with Gasteiger partial charge in [-0.05, 0) is 49.7 Å². The number of benzene rings is 2. The van der Waals surface area contributed by atoms with Gasteiger partial charge in [-0.25, -0.2) is 4.79 Å². The second-order valence-electron chi connectivity index (χ2n) is 5.89. The number of nitrogens with one attached hydrogen (secondary N) is 1. The van der Waals surface area contributed by atoms with Gasteiger partial charge >= 0.3 is 5.97 Å². The zero-order chi connectivity index (χ0) is 20.4. The van der Waals surface area contributed by atoms with Crippen LogP contribution in [-0.2, 0) is 14.3 Å². The van der Waals surface area contributed by atoms with E-state index in [0.29, 0.717) is 29.4 Å². The third-order valence-electron chi connectivity index (χ3n) is 3.62. The van der Waals surface area contributed by atoms with Gasteiger partial charge in [-0.1, -0.05) is 19.1 Å². The van der Waals surface area contributed by atoms with Crippen LogP contribution in [0.25, 0.3) is 0 Å². The van der Waals surface area contributed by atoms with Gasteiger partial charge in [0, 0.05) is 5.69 Å². The monoisotopic (exact) mass is 382 g/mol. The van der Waals surface area contributed by atoms with Crippen LogP contribution in [0.3, 0.4) is 0 Å². The molecule has 1 amide bonds. The fourth-order valence-electron chi connectivity index (χ4n) is 2.19. The molecule has 1 N–H and O–H groups in total. The van der Waals surface area contributed by atoms with Crippen LogP contribution in [0.4, 0.5) is 5.69 Å². The molecule has 0 aliphatic rings. The van der Waals surface area contributed by atoms with Crippen molar-refractivity contribution in [2.45, 2.75) is 26.4 Å². The Bertz CT molecular complexity index is 843. The molecule has 7 heteroatoms.